The summed E-state index contributed by atoms with van der Waals surface area (Å²) in [6.07, 6.45) is 3.49. The third kappa shape index (κ3) is 1.30. The van der Waals surface area contributed by atoms with Gasteiger partial charge in [0.1, 0.15) is 0 Å². The first-order valence-electron chi connectivity index (χ1n) is 4.34. The second kappa shape index (κ2) is 3.17. The molecule has 1 aliphatic carbocycles. The summed E-state index contributed by atoms with van der Waals surface area (Å²) >= 11 is 0. The minimum atomic E-state index is -0.169. The van der Waals surface area contributed by atoms with E-state index in [-0.39, 0.29) is 11.9 Å². The SMILES string of the molecule is COC(=O)[C@H]1CCc2cccnc21. The molecule has 0 N–H and O–H groups in total. The first-order valence-corrected chi connectivity index (χ1v) is 4.34. The Balaban J connectivity index is 2.33. The predicted octanol–water partition coefficient (Wildman–Crippen LogP) is 1.28. The third-order valence-electron chi connectivity index (χ3n) is 2.44. The maximum atomic E-state index is 11.3. The fraction of sp³-hybridized carbons (Fsp3) is 0.400. The Kier molecular flexibility index (Phi) is 2.00. The molecule has 1 aromatic rings. The number of esters is 1. The minimum absolute atomic E-state index is 0.138. The maximum absolute atomic E-state index is 11.3. The summed E-state index contributed by atoms with van der Waals surface area (Å²) in [4.78, 5) is 15.5. The Hall–Kier alpha value is -1.38. The van der Waals surface area contributed by atoms with E-state index in [4.69, 9.17) is 4.74 Å². The molecule has 1 aromatic heterocycles. The van der Waals surface area contributed by atoms with E-state index in [1.807, 2.05) is 12.1 Å². The van der Waals surface area contributed by atoms with Gasteiger partial charge in [0.05, 0.1) is 18.7 Å². The van der Waals surface area contributed by atoms with E-state index in [9.17, 15) is 4.79 Å². The van der Waals surface area contributed by atoms with Gasteiger partial charge in [-0.15, -0.1) is 0 Å². The Bertz CT molecular complexity index is 335. The zero-order chi connectivity index (χ0) is 9.26. The quantitative estimate of drug-likeness (QED) is 0.607. The molecule has 1 heterocycles. The van der Waals surface area contributed by atoms with E-state index in [1.165, 1.54) is 12.7 Å². The van der Waals surface area contributed by atoms with Gasteiger partial charge < -0.3 is 4.74 Å². The number of pyridine rings is 1. The average Bonchev–Trinajstić information content (AvgIpc) is 2.60. The summed E-state index contributed by atoms with van der Waals surface area (Å²) in [7, 11) is 1.42. The molecule has 0 aliphatic heterocycles. The Morgan fingerprint density at radius 2 is 2.54 bits per heavy atom. The molecular formula is C10H11NO2. The number of methoxy groups -OCH3 is 1. The molecule has 3 heteroatoms. The molecule has 1 atom stereocenters. The van der Waals surface area contributed by atoms with Crippen LogP contribution in [0.5, 0.6) is 0 Å². The standard InChI is InChI=1S/C10H11NO2/c1-13-10(12)8-5-4-7-3-2-6-11-9(7)8/h2-3,6,8H,4-5H2,1H3/t8-/m0/s1. The fourth-order valence-electron chi connectivity index (χ4n) is 1.78. The van der Waals surface area contributed by atoms with E-state index in [0.29, 0.717) is 0 Å². The number of hydrogen-bond donors (Lipinski definition) is 0. The van der Waals surface area contributed by atoms with Crippen molar-refractivity contribution < 1.29 is 9.53 Å². The summed E-state index contributed by atoms with van der Waals surface area (Å²) in [5.41, 5.74) is 2.08. The van der Waals surface area contributed by atoms with Crippen LogP contribution in [0.4, 0.5) is 0 Å². The lowest BCUT2D eigenvalue weighted by atomic mass is 10.1. The van der Waals surface area contributed by atoms with Crippen molar-refractivity contribution in [3.63, 3.8) is 0 Å². The maximum Gasteiger partial charge on any atom is 0.314 e. The Labute approximate surface area is 76.7 Å². The van der Waals surface area contributed by atoms with Crippen molar-refractivity contribution >= 4 is 5.97 Å². The molecule has 3 nitrogen and oxygen atoms in total. The molecule has 0 bridgehead atoms. The number of carbonyl (C=O) groups is 1. The van der Waals surface area contributed by atoms with Gasteiger partial charge in [-0.25, -0.2) is 0 Å². The minimum Gasteiger partial charge on any atom is -0.469 e. The molecule has 0 unspecified atom stereocenters. The van der Waals surface area contributed by atoms with Gasteiger partial charge in [-0.05, 0) is 24.5 Å². The monoisotopic (exact) mass is 177 g/mol. The van der Waals surface area contributed by atoms with Crippen molar-refractivity contribution in [2.45, 2.75) is 18.8 Å². The molecule has 0 saturated heterocycles. The first-order chi connectivity index (χ1) is 6.33. The topological polar surface area (TPSA) is 39.2 Å². The van der Waals surface area contributed by atoms with Gasteiger partial charge in [-0.1, -0.05) is 6.07 Å². The lowest BCUT2D eigenvalue weighted by Crippen LogP contribution is -2.12. The summed E-state index contributed by atoms with van der Waals surface area (Å²) in [6.45, 7) is 0. The predicted molar refractivity (Wildman–Crippen MR) is 47.3 cm³/mol. The fourth-order valence-corrected chi connectivity index (χ4v) is 1.78. The van der Waals surface area contributed by atoms with Gasteiger partial charge in [0.15, 0.2) is 0 Å². The highest BCUT2D eigenvalue weighted by molar-refractivity contribution is 5.78. The van der Waals surface area contributed by atoms with Gasteiger partial charge in [0.25, 0.3) is 0 Å². The molecule has 0 aromatic carbocycles. The number of rotatable bonds is 1. The van der Waals surface area contributed by atoms with Crippen molar-refractivity contribution in [1.82, 2.24) is 4.98 Å². The van der Waals surface area contributed by atoms with E-state index < -0.39 is 0 Å². The smallest absolute Gasteiger partial charge is 0.314 e. The molecule has 0 saturated carbocycles. The van der Waals surface area contributed by atoms with Crippen LogP contribution in [0.15, 0.2) is 18.3 Å². The zero-order valence-electron chi connectivity index (χ0n) is 7.49. The molecule has 1 aliphatic rings. The van der Waals surface area contributed by atoms with Crippen LogP contribution in [-0.4, -0.2) is 18.1 Å². The summed E-state index contributed by atoms with van der Waals surface area (Å²) in [5, 5.41) is 0. The molecule has 2 rings (SSSR count). The van der Waals surface area contributed by atoms with Crippen LogP contribution in [0.3, 0.4) is 0 Å². The summed E-state index contributed by atoms with van der Waals surface area (Å²) < 4.78 is 4.71. The number of nitrogens with zero attached hydrogens (tertiary/aromatic N) is 1. The van der Waals surface area contributed by atoms with Crippen LogP contribution in [0, 0.1) is 0 Å². The van der Waals surface area contributed by atoms with Crippen molar-refractivity contribution in [3.8, 4) is 0 Å². The van der Waals surface area contributed by atoms with Crippen LogP contribution in [0.1, 0.15) is 23.6 Å². The highest BCUT2D eigenvalue weighted by atomic mass is 16.5. The summed E-state index contributed by atoms with van der Waals surface area (Å²) in [6, 6.07) is 3.92. The second-order valence-corrected chi connectivity index (χ2v) is 3.16. The summed E-state index contributed by atoms with van der Waals surface area (Å²) in [5.74, 6) is -0.307. The zero-order valence-corrected chi connectivity index (χ0v) is 7.49. The van der Waals surface area contributed by atoms with Gasteiger partial charge in [0.2, 0.25) is 0 Å². The Morgan fingerprint density at radius 1 is 1.69 bits per heavy atom. The van der Waals surface area contributed by atoms with Crippen molar-refractivity contribution in [1.29, 1.82) is 0 Å². The highest BCUT2D eigenvalue weighted by Crippen LogP contribution is 2.31. The van der Waals surface area contributed by atoms with Crippen molar-refractivity contribution in [2.75, 3.05) is 7.11 Å². The van der Waals surface area contributed by atoms with Gasteiger partial charge in [-0.2, -0.15) is 0 Å². The second-order valence-electron chi connectivity index (χ2n) is 3.16. The van der Waals surface area contributed by atoms with Gasteiger partial charge in [0, 0.05) is 6.20 Å². The van der Waals surface area contributed by atoms with Crippen LogP contribution in [-0.2, 0) is 16.0 Å². The average molecular weight is 177 g/mol. The highest BCUT2D eigenvalue weighted by Gasteiger charge is 2.30. The molecular weight excluding hydrogens is 166 g/mol. The van der Waals surface area contributed by atoms with E-state index in [0.717, 1.165) is 18.5 Å². The van der Waals surface area contributed by atoms with Crippen LogP contribution in [0.25, 0.3) is 0 Å². The number of aryl methyl sites for hydroxylation is 1. The lowest BCUT2D eigenvalue weighted by molar-refractivity contribution is -0.142. The first kappa shape index (κ1) is 8.23. The molecule has 0 spiro atoms. The van der Waals surface area contributed by atoms with E-state index in [1.54, 1.807) is 6.20 Å². The molecule has 0 amide bonds. The lowest BCUT2D eigenvalue weighted by Gasteiger charge is -2.06. The number of hydrogen-bond acceptors (Lipinski definition) is 3. The number of aromatic nitrogens is 1. The van der Waals surface area contributed by atoms with Gasteiger partial charge >= 0.3 is 5.97 Å². The van der Waals surface area contributed by atoms with Crippen LogP contribution >= 0.6 is 0 Å². The molecule has 0 radical (unpaired) electrons. The van der Waals surface area contributed by atoms with E-state index >= 15 is 0 Å². The Morgan fingerprint density at radius 3 is 3.31 bits per heavy atom. The van der Waals surface area contributed by atoms with Crippen molar-refractivity contribution in [2.24, 2.45) is 0 Å². The molecule has 68 valence electrons. The largest absolute Gasteiger partial charge is 0.469 e. The number of carbonyl (C=O) groups excluding carboxylic acids is 1. The number of ether oxygens (including phenoxy) is 1. The number of fused-ring (bicyclic) bond motifs is 1. The molecule has 13 heavy (non-hydrogen) atoms. The van der Waals surface area contributed by atoms with E-state index in [2.05, 4.69) is 4.98 Å². The van der Waals surface area contributed by atoms with Gasteiger partial charge in [-0.3, -0.25) is 9.78 Å². The normalized spacial score (nSPS) is 19.6. The van der Waals surface area contributed by atoms with Crippen molar-refractivity contribution in [3.05, 3.63) is 29.6 Å². The van der Waals surface area contributed by atoms with Crippen LogP contribution in [0.2, 0.25) is 0 Å². The van der Waals surface area contributed by atoms with Crippen LogP contribution < -0.4 is 0 Å². The molecule has 0 fully saturated rings. The third-order valence-corrected chi connectivity index (χ3v) is 2.44.